The molecule has 0 heterocycles. The number of hydrogen-bond donors (Lipinski definition) is 0. The third-order valence-electron chi connectivity index (χ3n) is 2.86. The number of alkyl halides is 1. The SMILES string of the molecule is Cc1cc(Br)cc(C(Cl)Cc2cccc(F)c2F)c1. The molecule has 0 bridgehead atoms. The number of halogens is 4. The topological polar surface area (TPSA) is 0 Å². The van der Waals surface area contributed by atoms with Crippen molar-refractivity contribution in [1.82, 2.24) is 0 Å². The predicted octanol–water partition coefficient (Wildman–Crippen LogP) is 5.56. The zero-order valence-electron chi connectivity index (χ0n) is 10.3. The summed E-state index contributed by atoms with van der Waals surface area (Å²) in [4.78, 5) is 0. The molecule has 0 fully saturated rings. The molecule has 19 heavy (non-hydrogen) atoms. The van der Waals surface area contributed by atoms with Gasteiger partial charge >= 0.3 is 0 Å². The van der Waals surface area contributed by atoms with E-state index in [2.05, 4.69) is 15.9 Å². The molecule has 100 valence electrons. The van der Waals surface area contributed by atoms with E-state index in [0.717, 1.165) is 21.7 Å². The van der Waals surface area contributed by atoms with Crippen LogP contribution in [0.2, 0.25) is 0 Å². The van der Waals surface area contributed by atoms with Gasteiger partial charge in [0.1, 0.15) is 0 Å². The van der Waals surface area contributed by atoms with Crippen molar-refractivity contribution >= 4 is 27.5 Å². The Hall–Kier alpha value is -0.930. The molecule has 2 aromatic carbocycles. The van der Waals surface area contributed by atoms with Gasteiger partial charge < -0.3 is 0 Å². The first-order valence-electron chi connectivity index (χ1n) is 5.81. The van der Waals surface area contributed by atoms with Gasteiger partial charge in [-0.1, -0.05) is 34.1 Å². The van der Waals surface area contributed by atoms with Gasteiger partial charge in [0.25, 0.3) is 0 Å². The van der Waals surface area contributed by atoms with Crippen LogP contribution in [0.5, 0.6) is 0 Å². The minimum atomic E-state index is -0.841. The van der Waals surface area contributed by atoms with E-state index in [1.54, 1.807) is 6.07 Å². The van der Waals surface area contributed by atoms with Crippen LogP contribution in [0.15, 0.2) is 40.9 Å². The molecule has 0 N–H and O–H groups in total. The van der Waals surface area contributed by atoms with Crippen LogP contribution in [0.3, 0.4) is 0 Å². The maximum atomic E-state index is 13.6. The van der Waals surface area contributed by atoms with Gasteiger partial charge in [-0.2, -0.15) is 0 Å². The van der Waals surface area contributed by atoms with Gasteiger partial charge in [0.2, 0.25) is 0 Å². The van der Waals surface area contributed by atoms with Crippen LogP contribution >= 0.6 is 27.5 Å². The summed E-state index contributed by atoms with van der Waals surface area (Å²) in [7, 11) is 0. The number of hydrogen-bond acceptors (Lipinski definition) is 0. The van der Waals surface area contributed by atoms with Crippen molar-refractivity contribution in [2.45, 2.75) is 18.7 Å². The molecule has 0 aromatic heterocycles. The molecule has 0 aliphatic heterocycles. The molecular weight excluding hydrogens is 334 g/mol. The predicted molar refractivity (Wildman–Crippen MR) is 77.5 cm³/mol. The van der Waals surface area contributed by atoms with E-state index in [1.165, 1.54) is 6.07 Å². The van der Waals surface area contributed by atoms with Gasteiger partial charge in [-0.25, -0.2) is 8.78 Å². The van der Waals surface area contributed by atoms with Gasteiger partial charge in [0, 0.05) is 4.47 Å². The van der Waals surface area contributed by atoms with E-state index in [1.807, 2.05) is 25.1 Å². The standard InChI is InChI=1S/C15H12BrClF2/c1-9-5-11(7-12(16)6-9)13(17)8-10-3-2-4-14(18)15(10)19/h2-7,13H,8H2,1H3. The van der Waals surface area contributed by atoms with Crippen LogP contribution in [0.25, 0.3) is 0 Å². The largest absolute Gasteiger partial charge is 0.204 e. The van der Waals surface area contributed by atoms with Gasteiger partial charge in [0.05, 0.1) is 5.38 Å². The molecule has 0 aliphatic rings. The lowest BCUT2D eigenvalue weighted by Crippen LogP contribution is -2.00. The Morgan fingerprint density at radius 3 is 2.63 bits per heavy atom. The summed E-state index contributed by atoms with van der Waals surface area (Å²) >= 11 is 9.70. The molecule has 0 aliphatic carbocycles. The zero-order chi connectivity index (χ0) is 14.0. The summed E-state index contributed by atoms with van der Waals surface area (Å²) in [6, 6.07) is 9.95. The highest BCUT2D eigenvalue weighted by Crippen LogP contribution is 2.29. The van der Waals surface area contributed by atoms with Crippen molar-refractivity contribution in [2.24, 2.45) is 0 Å². The van der Waals surface area contributed by atoms with E-state index in [-0.39, 0.29) is 12.0 Å². The van der Waals surface area contributed by atoms with Gasteiger partial charge in [-0.3, -0.25) is 0 Å². The quantitative estimate of drug-likeness (QED) is 0.639. The molecule has 0 amide bonds. The Morgan fingerprint density at radius 2 is 1.95 bits per heavy atom. The van der Waals surface area contributed by atoms with Crippen molar-refractivity contribution in [3.05, 3.63) is 69.2 Å². The van der Waals surface area contributed by atoms with Gasteiger partial charge in [0.15, 0.2) is 11.6 Å². The normalized spacial score (nSPS) is 12.5. The molecule has 1 unspecified atom stereocenters. The maximum absolute atomic E-state index is 13.6. The lowest BCUT2D eigenvalue weighted by Gasteiger charge is -2.12. The van der Waals surface area contributed by atoms with Crippen molar-refractivity contribution in [3.63, 3.8) is 0 Å². The van der Waals surface area contributed by atoms with E-state index >= 15 is 0 Å². The first kappa shape index (κ1) is 14.5. The Bertz CT molecular complexity index is 578. The fourth-order valence-corrected chi connectivity index (χ4v) is 2.88. The maximum Gasteiger partial charge on any atom is 0.162 e. The summed E-state index contributed by atoms with van der Waals surface area (Å²) < 4.78 is 27.7. The van der Waals surface area contributed by atoms with Crippen LogP contribution in [-0.2, 0) is 6.42 Å². The van der Waals surface area contributed by atoms with Crippen LogP contribution in [0.1, 0.15) is 22.1 Å². The van der Waals surface area contributed by atoms with Crippen molar-refractivity contribution in [2.75, 3.05) is 0 Å². The molecule has 2 aromatic rings. The van der Waals surface area contributed by atoms with Crippen molar-refractivity contribution < 1.29 is 8.78 Å². The highest BCUT2D eigenvalue weighted by molar-refractivity contribution is 9.10. The number of benzene rings is 2. The highest BCUT2D eigenvalue weighted by Gasteiger charge is 2.14. The fraction of sp³-hybridized carbons (Fsp3) is 0.200. The van der Waals surface area contributed by atoms with Crippen LogP contribution in [-0.4, -0.2) is 0 Å². The molecule has 0 saturated heterocycles. The Balaban J connectivity index is 2.25. The molecule has 0 spiro atoms. The third-order valence-corrected chi connectivity index (χ3v) is 3.72. The first-order chi connectivity index (χ1) is 8.97. The molecule has 0 radical (unpaired) electrons. The number of rotatable bonds is 3. The average molecular weight is 346 g/mol. The first-order valence-corrected chi connectivity index (χ1v) is 7.04. The fourth-order valence-electron chi connectivity index (χ4n) is 1.96. The molecule has 0 saturated carbocycles. The summed E-state index contributed by atoms with van der Waals surface area (Å²) in [5, 5.41) is -0.396. The second-order valence-electron chi connectivity index (χ2n) is 4.45. The van der Waals surface area contributed by atoms with Crippen LogP contribution in [0.4, 0.5) is 8.78 Å². The molecular formula is C15H12BrClF2. The lowest BCUT2D eigenvalue weighted by molar-refractivity contribution is 0.498. The smallest absolute Gasteiger partial charge is 0.162 e. The van der Waals surface area contributed by atoms with Crippen molar-refractivity contribution in [1.29, 1.82) is 0 Å². The van der Waals surface area contributed by atoms with E-state index < -0.39 is 17.0 Å². The molecule has 2 rings (SSSR count). The average Bonchev–Trinajstić information content (AvgIpc) is 2.33. The summed E-state index contributed by atoms with van der Waals surface area (Å²) in [6.07, 6.45) is 0.251. The summed E-state index contributed by atoms with van der Waals surface area (Å²) in [5.41, 5.74) is 2.24. The van der Waals surface area contributed by atoms with Crippen molar-refractivity contribution in [3.8, 4) is 0 Å². The van der Waals surface area contributed by atoms with Gasteiger partial charge in [-0.15, -0.1) is 11.6 Å². The Labute approximate surface area is 124 Å². The monoisotopic (exact) mass is 344 g/mol. The second-order valence-corrected chi connectivity index (χ2v) is 5.89. The van der Waals surface area contributed by atoms with Crippen LogP contribution in [0, 0.1) is 18.6 Å². The Morgan fingerprint density at radius 1 is 1.21 bits per heavy atom. The van der Waals surface area contributed by atoms with E-state index in [4.69, 9.17) is 11.6 Å². The summed E-state index contributed by atoms with van der Waals surface area (Å²) in [5.74, 6) is -1.66. The highest BCUT2D eigenvalue weighted by atomic mass is 79.9. The van der Waals surface area contributed by atoms with Gasteiger partial charge in [-0.05, 0) is 48.2 Å². The Kier molecular flexibility index (Phi) is 4.58. The minimum absolute atomic E-state index is 0.251. The molecule has 4 heteroatoms. The van der Waals surface area contributed by atoms with E-state index in [0.29, 0.717) is 0 Å². The number of aryl methyl sites for hydroxylation is 1. The zero-order valence-corrected chi connectivity index (χ0v) is 12.6. The molecule has 1 atom stereocenters. The minimum Gasteiger partial charge on any atom is -0.204 e. The van der Waals surface area contributed by atoms with Crippen LogP contribution < -0.4 is 0 Å². The second kappa shape index (κ2) is 6.02. The van der Waals surface area contributed by atoms with E-state index in [9.17, 15) is 8.78 Å². The molecule has 0 nitrogen and oxygen atoms in total. The lowest BCUT2D eigenvalue weighted by atomic mass is 10.0. The third kappa shape index (κ3) is 3.54. The summed E-state index contributed by atoms with van der Waals surface area (Å²) in [6.45, 7) is 1.96.